The molecule has 0 fully saturated rings. The molecule has 0 aliphatic carbocycles. The van der Waals surface area contributed by atoms with E-state index in [2.05, 4.69) is 15.6 Å². The summed E-state index contributed by atoms with van der Waals surface area (Å²) in [5.41, 5.74) is 5.96. The summed E-state index contributed by atoms with van der Waals surface area (Å²) < 4.78 is 54.8. The van der Waals surface area contributed by atoms with Gasteiger partial charge in [-0.25, -0.2) is 14.2 Å². The molecule has 3 aromatic rings. The van der Waals surface area contributed by atoms with Crippen molar-refractivity contribution in [3.05, 3.63) is 53.8 Å². The number of carbonyl (C=O) groups is 2. The first-order valence-corrected chi connectivity index (χ1v) is 10.6. The lowest BCUT2D eigenvalue weighted by atomic mass is 9.96. The van der Waals surface area contributed by atoms with Gasteiger partial charge in [-0.3, -0.25) is 10.1 Å². The van der Waals surface area contributed by atoms with Crippen LogP contribution < -0.4 is 16.4 Å². The number of hydrogen-bond donors (Lipinski definition) is 3. The average Bonchev–Trinajstić information content (AvgIpc) is 3.14. The van der Waals surface area contributed by atoms with Crippen LogP contribution in [0.25, 0.3) is 10.2 Å². The Hall–Kier alpha value is -3.25. The Morgan fingerprint density at radius 2 is 1.82 bits per heavy atom. The molecule has 0 aliphatic heterocycles. The van der Waals surface area contributed by atoms with Crippen molar-refractivity contribution in [3.8, 4) is 0 Å². The largest absolute Gasteiger partial charge is 0.404 e. The maximum absolute atomic E-state index is 13.8. The van der Waals surface area contributed by atoms with Gasteiger partial charge >= 0.3 is 12.2 Å². The minimum atomic E-state index is -4.81. The van der Waals surface area contributed by atoms with Crippen LogP contribution in [0.2, 0.25) is 0 Å². The van der Waals surface area contributed by atoms with E-state index in [1.165, 1.54) is 49.5 Å². The lowest BCUT2D eigenvalue weighted by molar-refractivity contribution is -0.172. The fourth-order valence-electron chi connectivity index (χ4n) is 3.02. The van der Waals surface area contributed by atoms with Crippen molar-refractivity contribution < 1.29 is 27.2 Å². The number of alkyl halides is 3. The Kier molecular flexibility index (Phi) is 7.18. The van der Waals surface area contributed by atoms with E-state index in [4.69, 9.17) is 5.73 Å². The van der Waals surface area contributed by atoms with Gasteiger partial charge in [0.15, 0.2) is 11.0 Å². The zero-order chi connectivity index (χ0) is 24.3. The molecule has 0 bridgehead atoms. The summed E-state index contributed by atoms with van der Waals surface area (Å²) in [6.45, 7) is 1.59. The third kappa shape index (κ3) is 5.76. The molecular formula is C21H21F4N5O2S. The highest BCUT2D eigenvalue weighted by Crippen LogP contribution is 2.38. The van der Waals surface area contributed by atoms with Gasteiger partial charge in [-0.1, -0.05) is 17.4 Å². The van der Waals surface area contributed by atoms with Gasteiger partial charge < -0.3 is 16.0 Å². The molecule has 1 heterocycles. The number of anilines is 2. The van der Waals surface area contributed by atoms with Crippen LogP contribution in [0.4, 0.5) is 33.2 Å². The van der Waals surface area contributed by atoms with E-state index in [-0.39, 0.29) is 17.2 Å². The second kappa shape index (κ2) is 9.71. The second-order valence-electron chi connectivity index (χ2n) is 7.34. The number of benzene rings is 2. The number of hydrogen-bond acceptors (Lipinski definition) is 5. The molecule has 3 amide bonds. The number of amides is 3. The quantitative estimate of drug-likeness (QED) is 0.449. The Morgan fingerprint density at radius 1 is 1.15 bits per heavy atom. The van der Waals surface area contributed by atoms with E-state index in [1.807, 2.05) is 0 Å². The van der Waals surface area contributed by atoms with Crippen LogP contribution in [-0.2, 0) is 4.79 Å². The van der Waals surface area contributed by atoms with Gasteiger partial charge in [0.1, 0.15) is 5.82 Å². The molecule has 12 heteroatoms. The van der Waals surface area contributed by atoms with Crippen molar-refractivity contribution in [2.24, 2.45) is 5.73 Å². The van der Waals surface area contributed by atoms with Gasteiger partial charge in [0.25, 0.3) is 0 Å². The van der Waals surface area contributed by atoms with E-state index in [0.29, 0.717) is 15.9 Å². The van der Waals surface area contributed by atoms with Crippen molar-refractivity contribution in [2.75, 3.05) is 24.2 Å². The summed E-state index contributed by atoms with van der Waals surface area (Å²) in [6, 6.07) is 7.69. The number of likely N-dealkylation sites (N-methyl/N-ethyl adjacent to an activating group) is 1. The van der Waals surface area contributed by atoms with E-state index in [0.717, 1.165) is 16.2 Å². The fourth-order valence-corrected chi connectivity index (χ4v) is 3.93. The van der Waals surface area contributed by atoms with Crippen molar-refractivity contribution >= 4 is 44.3 Å². The molecule has 0 saturated carbocycles. The number of fused-ring (bicyclic) bond motifs is 1. The highest BCUT2D eigenvalue weighted by Gasteiger charge is 2.47. The van der Waals surface area contributed by atoms with Crippen molar-refractivity contribution in [2.45, 2.75) is 25.1 Å². The number of carbonyl (C=O) groups excluding carboxylic acids is 2. The lowest BCUT2D eigenvalue weighted by Crippen LogP contribution is -2.45. The summed E-state index contributed by atoms with van der Waals surface area (Å²) in [5, 5.41) is 5.13. The summed E-state index contributed by atoms with van der Waals surface area (Å²) in [5.74, 6) is -3.93. The van der Waals surface area contributed by atoms with Gasteiger partial charge in [0, 0.05) is 25.3 Å². The summed E-state index contributed by atoms with van der Waals surface area (Å²) in [7, 11) is 1.28. The van der Waals surface area contributed by atoms with Gasteiger partial charge in [0.2, 0.25) is 5.91 Å². The first-order valence-electron chi connectivity index (χ1n) is 9.77. The predicted octanol–water partition coefficient (Wildman–Crippen LogP) is 4.53. The van der Waals surface area contributed by atoms with Crippen LogP contribution in [0, 0.1) is 5.82 Å². The van der Waals surface area contributed by atoms with Crippen LogP contribution in [0.3, 0.4) is 0 Å². The third-order valence-corrected chi connectivity index (χ3v) is 5.93. The maximum atomic E-state index is 13.8. The van der Waals surface area contributed by atoms with Gasteiger partial charge in [-0.15, -0.1) is 0 Å². The molecule has 0 saturated heterocycles. The number of nitrogens with two attached hydrogens (primary N) is 1. The zero-order valence-corrected chi connectivity index (χ0v) is 18.4. The fraction of sp³-hybridized carbons (Fsp3) is 0.286. The molecule has 0 spiro atoms. The number of halogens is 4. The van der Waals surface area contributed by atoms with Crippen molar-refractivity contribution in [3.63, 3.8) is 0 Å². The highest BCUT2D eigenvalue weighted by molar-refractivity contribution is 7.22. The molecule has 4 N–H and O–H groups in total. The van der Waals surface area contributed by atoms with Crippen LogP contribution in [0.1, 0.15) is 18.4 Å². The topological polar surface area (TPSA) is 100 Å². The number of rotatable bonds is 6. The van der Waals surface area contributed by atoms with Crippen molar-refractivity contribution in [1.29, 1.82) is 0 Å². The standard InChI is InChI=1S/C21H21F4N5O2S/c1-11(10-26)30(2)18(31)17(21(23,24)25)12-3-8-15-16(9-12)33-20(28-15)29-19(32)27-14-6-4-13(22)5-7-14/h3-9,11,17H,10,26H2,1-2H3,(H2,27,28,29,32)/t11-,17+/m0/s1. The highest BCUT2D eigenvalue weighted by atomic mass is 32.1. The molecule has 3 rings (SSSR count). The molecule has 7 nitrogen and oxygen atoms in total. The Balaban J connectivity index is 1.83. The minimum Gasteiger partial charge on any atom is -0.341 e. The number of thiazole rings is 1. The molecule has 176 valence electrons. The molecule has 0 radical (unpaired) electrons. The molecule has 0 aliphatic rings. The van der Waals surface area contributed by atoms with Crippen LogP contribution in [-0.4, -0.2) is 47.6 Å². The molecule has 2 atom stereocenters. The monoisotopic (exact) mass is 483 g/mol. The second-order valence-corrected chi connectivity index (χ2v) is 8.37. The lowest BCUT2D eigenvalue weighted by Gasteiger charge is -2.29. The molecular weight excluding hydrogens is 462 g/mol. The molecule has 0 unspecified atom stereocenters. The van der Waals surface area contributed by atoms with Gasteiger partial charge in [-0.05, 0) is 48.9 Å². The van der Waals surface area contributed by atoms with Crippen LogP contribution in [0.15, 0.2) is 42.5 Å². The molecule has 33 heavy (non-hydrogen) atoms. The van der Waals surface area contributed by atoms with Crippen LogP contribution >= 0.6 is 11.3 Å². The first-order chi connectivity index (χ1) is 15.5. The Morgan fingerprint density at radius 3 is 2.42 bits per heavy atom. The molecule has 2 aromatic carbocycles. The van der Waals surface area contributed by atoms with Crippen LogP contribution in [0.5, 0.6) is 0 Å². The summed E-state index contributed by atoms with van der Waals surface area (Å²) >= 11 is 0.956. The van der Waals surface area contributed by atoms with E-state index in [1.54, 1.807) is 6.92 Å². The minimum absolute atomic E-state index is 0.0235. The number of aromatic nitrogens is 1. The maximum Gasteiger partial charge on any atom is 0.404 e. The molecule has 1 aromatic heterocycles. The van der Waals surface area contributed by atoms with Gasteiger partial charge in [-0.2, -0.15) is 13.2 Å². The van der Waals surface area contributed by atoms with E-state index in [9.17, 15) is 27.2 Å². The predicted molar refractivity (Wildman–Crippen MR) is 119 cm³/mol. The van der Waals surface area contributed by atoms with Crippen molar-refractivity contribution in [1.82, 2.24) is 9.88 Å². The Bertz CT molecular complexity index is 1150. The number of urea groups is 1. The smallest absolute Gasteiger partial charge is 0.341 e. The average molecular weight is 483 g/mol. The summed E-state index contributed by atoms with van der Waals surface area (Å²) in [6.07, 6.45) is -4.81. The normalized spacial score (nSPS) is 13.4. The first kappa shape index (κ1) is 24.4. The third-order valence-electron chi connectivity index (χ3n) is 4.99. The number of nitrogens with zero attached hydrogens (tertiary/aromatic N) is 2. The summed E-state index contributed by atoms with van der Waals surface area (Å²) in [4.78, 5) is 29.9. The van der Waals surface area contributed by atoms with E-state index >= 15 is 0 Å². The zero-order valence-electron chi connectivity index (χ0n) is 17.6. The Labute approximate surface area is 190 Å². The van der Waals surface area contributed by atoms with E-state index < -0.39 is 35.9 Å². The SMILES string of the molecule is C[C@@H](CN)N(C)C(=O)[C@@H](c1ccc2nc(NC(=O)Nc3ccc(F)cc3)sc2c1)C(F)(F)F. The van der Waals surface area contributed by atoms with Gasteiger partial charge in [0.05, 0.1) is 10.2 Å². The number of nitrogens with one attached hydrogen (secondary N) is 2.